The first-order valence-electron chi connectivity index (χ1n) is 11.7. The second-order valence-corrected chi connectivity index (χ2v) is 9.18. The number of hydrogen-bond acceptors (Lipinski definition) is 7. The van der Waals surface area contributed by atoms with Crippen molar-refractivity contribution < 1.29 is 8.78 Å². The molecule has 3 N–H and O–H groups in total. The summed E-state index contributed by atoms with van der Waals surface area (Å²) < 4.78 is 29.5. The van der Waals surface area contributed by atoms with Crippen molar-refractivity contribution in [3.63, 3.8) is 0 Å². The fourth-order valence-electron chi connectivity index (χ4n) is 4.62. The molecule has 0 amide bonds. The number of fused-ring (bicyclic) bond motifs is 1. The lowest BCUT2D eigenvalue weighted by atomic mass is 9.87. The Morgan fingerprint density at radius 3 is 2.59 bits per heavy atom. The molecule has 4 aromatic heterocycles. The van der Waals surface area contributed by atoms with Crippen LogP contribution in [0.5, 0.6) is 0 Å². The normalized spacial score (nSPS) is 15.6. The summed E-state index contributed by atoms with van der Waals surface area (Å²) in [5.41, 5.74) is 9.82. The first-order valence-corrected chi connectivity index (χ1v) is 11.7. The van der Waals surface area contributed by atoms with Gasteiger partial charge in [-0.1, -0.05) is 12.1 Å². The zero-order valence-corrected chi connectivity index (χ0v) is 19.9. The number of nitrogens with one attached hydrogen (secondary N) is 1. The number of aromatic nitrogens is 7. The van der Waals surface area contributed by atoms with Crippen molar-refractivity contribution in [2.75, 3.05) is 18.0 Å². The van der Waals surface area contributed by atoms with Crippen molar-refractivity contribution in [2.24, 2.45) is 5.73 Å². The van der Waals surface area contributed by atoms with Crippen LogP contribution in [-0.2, 0) is 5.54 Å². The average molecular weight is 500 g/mol. The van der Waals surface area contributed by atoms with E-state index in [2.05, 4.69) is 47.3 Å². The van der Waals surface area contributed by atoms with Crippen LogP contribution in [-0.4, -0.2) is 47.9 Å². The Morgan fingerprint density at radius 2 is 1.89 bits per heavy atom. The van der Waals surface area contributed by atoms with Gasteiger partial charge in [0, 0.05) is 66.2 Å². The van der Waals surface area contributed by atoms with E-state index in [0.717, 1.165) is 47.1 Å². The molecule has 0 unspecified atom stereocenters. The van der Waals surface area contributed by atoms with Crippen LogP contribution in [0.25, 0.3) is 22.2 Å². The van der Waals surface area contributed by atoms with Gasteiger partial charge in [0.15, 0.2) is 11.6 Å². The van der Waals surface area contributed by atoms with E-state index in [0.29, 0.717) is 17.9 Å². The van der Waals surface area contributed by atoms with Crippen molar-refractivity contribution >= 4 is 16.9 Å². The fourth-order valence-corrected chi connectivity index (χ4v) is 4.62. The van der Waals surface area contributed by atoms with E-state index < -0.39 is 17.2 Å². The van der Waals surface area contributed by atoms with Gasteiger partial charge in [0.05, 0.1) is 11.7 Å². The Morgan fingerprint density at radius 1 is 1.05 bits per heavy atom. The molecule has 0 saturated carbocycles. The lowest BCUT2D eigenvalue weighted by molar-refractivity contribution is 0.515. The number of anilines is 1. The number of nitrogens with zero attached hydrogens (tertiary/aromatic N) is 7. The highest BCUT2D eigenvalue weighted by molar-refractivity contribution is 5.78. The van der Waals surface area contributed by atoms with E-state index in [1.165, 1.54) is 12.1 Å². The van der Waals surface area contributed by atoms with E-state index in [1.807, 2.05) is 16.9 Å². The number of rotatable bonds is 5. The summed E-state index contributed by atoms with van der Waals surface area (Å²) in [6.45, 7) is 3.02. The number of H-pyrrole nitrogens is 1. The molecular formula is C26H23F2N9. The Bertz CT molecular complexity index is 1610. The molecule has 186 valence electrons. The van der Waals surface area contributed by atoms with Gasteiger partial charge in [-0.15, -0.1) is 0 Å². The first kappa shape index (κ1) is 22.9. The number of halogens is 2. The zero-order chi connectivity index (χ0) is 25.6. The summed E-state index contributed by atoms with van der Waals surface area (Å²) in [6.07, 6.45) is 13.1. The molecular weight excluding hydrogens is 476 g/mol. The molecule has 5 heterocycles. The summed E-state index contributed by atoms with van der Waals surface area (Å²) in [5.74, 6) is 0.0796. The maximum absolute atomic E-state index is 14.4. The average Bonchev–Trinajstić information content (AvgIpc) is 3.59. The van der Waals surface area contributed by atoms with Crippen LogP contribution < -0.4 is 10.6 Å². The van der Waals surface area contributed by atoms with Crippen LogP contribution in [0.3, 0.4) is 0 Å². The topological polar surface area (TPSA) is 114 Å². The smallest absolute Gasteiger partial charge is 0.156 e. The van der Waals surface area contributed by atoms with E-state index in [1.54, 1.807) is 31.8 Å². The van der Waals surface area contributed by atoms with Crippen molar-refractivity contribution in [3.8, 4) is 11.1 Å². The van der Waals surface area contributed by atoms with Gasteiger partial charge in [-0.05, 0) is 31.1 Å². The third-order valence-electron chi connectivity index (χ3n) is 6.76. The van der Waals surface area contributed by atoms with Gasteiger partial charge in [0.25, 0.3) is 0 Å². The summed E-state index contributed by atoms with van der Waals surface area (Å²) >= 11 is 0. The molecule has 11 heteroatoms. The molecule has 9 nitrogen and oxygen atoms in total. The minimum atomic E-state index is -1.21. The predicted octanol–water partition coefficient (Wildman–Crippen LogP) is 3.70. The van der Waals surface area contributed by atoms with Crippen LogP contribution in [0.15, 0.2) is 67.7 Å². The highest BCUT2D eigenvalue weighted by Crippen LogP contribution is 2.31. The minimum absolute atomic E-state index is 0.176. The quantitative estimate of drug-likeness (QED) is 0.379. The number of aromatic amines is 1. The molecule has 0 saturated heterocycles. The van der Waals surface area contributed by atoms with Crippen LogP contribution in [0.2, 0.25) is 0 Å². The molecule has 1 aromatic carbocycles. The Balaban J connectivity index is 1.22. The Kier molecular flexibility index (Phi) is 5.49. The Labute approximate surface area is 210 Å². The maximum Gasteiger partial charge on any atom is 0.156 e. The second-order valence-electron chi connectivity index (χ2n) is 9.18. The summed E-state index contributed by atoms with van der Waals surface area (Å²) in [6, 6.07) is 5.42. The zero-order valence-electron chi connectivity index (χ0n) is 19.9. The minimum Gasteiger partial charge on any atom is -0.351 e. The number of benzene rings is 1. The van der Waals surface area contributed by atoms with E-state index >= 15 is 0 Å². The summed E-state index contributed by atoms with van der Waals surface area (Å²) in [4.78, 5) is 15.7. The summed E-state index contributed by atoms with van der Waals surface area (Å²) in [7, 11) is 0. The third kappa shape index (κ3) is 4.12. The molecule has 0 fully saturated rings. The van der Waals surface area contributed by atoms with Gasteiger partial charge in [-0.2, -0.15) is 10.2 Å². The molecule has 1 atom stereocenters. The van der Waals surface area contributed by atoms with Gasteiger partial charge >= 0.3 is 0 Å². The molecule has 37 heavy (non-hydrogen) atoms. The lowest BCUT2D eigenvalue weighted by Gasteiger charge is -2.28. The standard InChI is InChI=1S/C26H23F2N9/c1-26(29,21-3-2-20(27)9-22(21)28)19-12-30-24(31-13-19)16-4-6-36(7-5-16)25-23-8-17(18-10-33-34-11-18)14-37(23)35-15-32-25/h2-4,8-15H,5-7,29H2,1H3,(H,33,34)/t26-/m1/s1. The van der Waals surface area contributed by atoms with Crippen LogP contribution in [0.1, 0.15) is 30.3 Å². The van der Waals surface area contributed by atoms with Crippen molar-refractivity contribution in [1.82, 2.24) is 34.8 Å². The van der Waals surface area contributed by atoms with Crippen molar-refractivity contribution in [1.29, 1.82) is 0 Å². The third-order valence-corrected chi connectivity index (χ3v) is 6.76. The SMILES string of the molecule is C[C@@](N)(c1cnc(C2=CCN(c3ncnn4cc(-c5cn[nH]c5)cc34)CC2)nc1)c1ccc(F)cc1F. The molecule has 1 aliphatic heterocycles. The van der Waals surface area contributed by atoms with Gasteiger partial charge in [-0.25, -0.2) is 28.2 Å². The highest BCUT2D eigenvalue weighted by Gasteiger charge is 2.28. The fraction of sp³-hybridized carbons (Fsp3) is 0.192. The van der Waals surface area contributed by atoms with Gasteiger partial charge in [0.1, 0.15) is 23.5 Å². The van der Waals surface area contributed by atoms with Crippen molar-refractivity contribution in [2.45, 2.75) is 18.9 Å². The van der Waals surface area contributed by atoms with Crippen LogP contribution in [0.4, 0.5) is 14.6 Å². The highest BCUT2D eigenvalue weighted by atomic mass is 19.1. The van der Waals surface area contributed by atoms with Gasteiger partial charge in [0.2, 0.25) is 0 Å². The van der Waals surface area contributed by atoms with Crippen LogP contribution in [0, 0.1) is 11.6 Å². The predicted molar refractivity (Wildman–Crippen MR) is 134 cm³/mol. The molecule has 0 bridgehead atoms. The molecule has 1 aliphatic rings. The molecule has 5 aromatic rings. The molecule has 0 spiro atoms. The molecule has 6 rings (SSSR count). The monoisotopic (exact) mass is 499 g/mol. The first-order chi connectivity index (χ1) is 17.9. The second kappa shape index (κ2) is 8.86. The summed E-state index contributed by atoms with van der Waals surface area (Å²) in [5, 5.41) is 11.2. The van der Waals surface area contributed by atoms with Crippen LogP contribution >= 0.6 is 0 Å². The molecule has 0 aliphatic carbocycles. The largest absolute Gasteiger partial charge is 0.351 e. The van der Waals surface area contributed by atoms with Gasteiger partial charge in [-0.3, -0.25) is 5.10 Å². The number of nitrogens with two attached hydrogens (primary N) is 1. The maximum atomic E-state index is 14.4. The van der Waals surface area contributed by atoms with E-state index in [9.17, 15) is 8.78 Å². The van der Waals surface area contributed by atoms with E-state index in [-0.39, 0.29) is 5.56 Å². The molecule has 0 radical (unpaired) electrons. The van der Waals surface area contributed by atoms with Crippen molar-refractivity contribution in [3.05, 3.63) is 96.2 Å². The van der Waals surface area contributed by atoms with Gasteiger partial charge < -0.3 is 10.6 Å². The Hall–Kier alpha value is -4.51. The number of hydrogen-bond donors (Lipinski definition) is 2. The lowest BCUT2D eigenvalue weighted by Crippen LogP contribution is -2.35. The van der Waals surface area contributed by atoms with E-state index in [4.69, 9.17) is 5.73 Å².